The van der Waals surface area contributed by atoms with Gasteiger partial charge in [-0.1, -0.05) is 12.1 Å². The van der Waals surface area contributed by atoms with E-state index in [0.29, 0.717) is 0 Å². The van der Waals surface area contributed by atoms with Crippen LogP contribution in [-0.2, 0) is 0 Å². The lowest BCUT2D eigenvalue weighted by Crippen LogP contribution is -2.21. The zero-order valence-electron chi connectivity index (χ0n) is 10.9. The number of aliphatic hydroxyl groups excluding tert-OH is 1. The molecule has 0 fully saturated rings. The number of benzene rings is 2. The lowest BCUT2D eigenvalue weighted by molar-refractivity contribution is 0.146. The largest absolute Gasteiger partial charge is 0.388 e. The first-order valence-electron chi connectivity index (χ1n) is 6.22. The molecule has 2 rings (SSSR count). The molecule has 0 radical (unpaired) electrons. The van der Waals surface area contributed by atoms with Crippen LogP contribution in [0.5, 0.6) is 0 Å². The molecular weight excluding hydrogens is 347 g/mol. The van der Waals surface area contributed by atoms with Gasteiger partial charge in [0.25, 0.3) is 0 Å². The van der Waals surface area contributed by atoms with E-state index in [1.807, 2.05) is 0 Å². The quantitative estimate of drug-likeness (QED) is 0.875. The van der Waals surface area contributed by atoms with Gasteiger partial charge >= 0.3 is 0 Å². The molecule has 0 spiro atoms. The van der Waals surface area contributed by atoms with Gasteiger partial charge < -0.3 is 10.8 Å². The van der Waals surface area contributed by atoms with Crippen molar-refractivity contribution in [2.75, 3.05) is 6.54 Å². The van der Waals surface area contributed by atoms with Crippen LogP contribution in [0.4, 0.5) is 13.2 Å². The Labute approximate surface area is 128 Å². The summed E-state index contributed by atoms with van der Waals surface area (Å²) in [5.74, 6) is -2.80. The van der Waals surface area contributed by atoms with Crippen molar-refractivity contribution in [2.45, 2.75) is 12.0 Å². The molecular formula is C15H13BrF3NO. The fourth-order valence-corrected chi connectivity index (χ4v) is 2.70. The molecule has 2 aromatic carbocycles. The van der Waals surface area contributed by atoms with E-state index in [1.54, 1.807) is 0 Å². The van der Waals surface area contributed by atoms with Gasteiger partial charge in [-0.05, 0) is 45.3 Å². The summed E-state index contributed by atoms with van der Waals surface area (Å²) in [6.45, 7) is -0.0486. The van der Waals surface area contributed by atoms with Gasteiger partial charge in [-0.25, -0.2) is 13.2 Å². The lowest BCUT2D eigenvalue weighted by Gasteiger charge is -2.23. The Morgan fingerprint density at radius 1 is 1.10 bits per heavy atom. The Kier molecular flexibility index (Phi) is 5.03. The zero-order chi connectivity index (χ0) is 15.6. The standard InChI is InChI=1S/C15H13BrF3NO/c16-14-11(2-1-3-13(14)19)15(21)12(7-20)8-4-9(17)6-10(18)5-8/h1-6,12,15,21H,7,20H2. The molecule has 0 aliphatic heterocycles. The van der Waals surface area contributed by atoms with Gasteiger partial charge in [0.2, 0.25) is 0 Å². The third-order valence-corrected chi connectivity index (χ3v) is 4.08. The molecule has 0 saturated heterocycles. The molecule has 3 N–H and O–H groups in total. The maximum absolute atomic E-state index is 13.5. The Hall–Kier alpha value is -1.37. The number of rotatable bonds is 4. The number of nitrogens with two attached hydrogens (primary N) is 1. The van der Waals surface area contributed by atoms with Gasteiger partial charge in [0.15, 0.2) is 0 Å². The SMILES string of the molecule is NCC(c1cc(F)cc(F)c1)C(O)c1cccc(F)c1Br. The smallest absolute Gasteiger partial charge is 0.137 e. The third-order valence-electron chi connectivity index (χ3n) is 3.25. The molecule has 0 aromatic heterocycles. The monoisotopic (exact) mass is 359 g/mol. The Morgan fingerprint density at radius 3 is 2.29 bits per heavy atom. The second kappa shape index (κ2) is 6.60. The summed E-state index contributed by atoms with van der Waals surface area (Å²) in [5.41, 5.74) is 6.11. The topological polar surface area (TPSA) is 46.2 Å². The highest BCUT2D eigenvalue weighted by atomic mass is 79.9. The van der Waals surface area contributed by atoms with Gasteiger partial charge in [0.1, 0.15) is 17.5 Å². The van der Waals surface area contributed by atoms with Gasteiger partial charge in [-0.15, -0.1) is 0 Å². The third kappa shape index (κ3) is 3.45. The van der Waals surface area contributed by atoms with E-state index < -0.39 is 29.5 Å². The first-order chi connectivity index (χ1) is 9.93. The van der Waals surface area contributed by atoms with E-state index in [0.717, 1.165) is 18.2 Å². The predicted molar refractivity (Wildman–Crippen MR) is 77.2 cm³/mol. The first-order valence-corrected chi connectivity index (χ1v) is 7.01. The molecule has 112 valence electrons. The van der Waals surface area contributed by atoms with Crippen LogP contribution >= 0.6 is 15.9 Å². The van der Waals surface area contributed by atoms with Crippen LogP contribution in [0.15, 0.2) is 40.9 Å². The number of halogens is 4. The first kappa shape index (κ1) is 16.0. The minimum absolute atomic E-state index is 0.0486. The van der Waals surface area contributed by atoms with Crippen LogP contribution in [0, 0.1) is 17.5 Å². The molecule has 0 aliphatic carbocycles. The predicted octanol–water partition coefficient (Wildman–Crippen LogP) is 3.64. The van der Waals surface area contributed by atoms with Crippen LogP contribution in [0.1, 0.15) is 23.1 Å². The van der Waals surface area contributed by atoms with Crippen LogP contribution in [-0.4, -0.2) is 11.7 Å². The molecule has 0 heterocycles. The maximum atomic E-state index is 13.5. The molecule has 2 aromatic rings. The van der Waals surface area contributed by atoms with Crippen molar-refractivity contribution >= 4 is 15.9 Å². The molecule has 0 bridgehead atoms. The summed E-state index contributed by atoms with van der Waals surface area (Å²) in [6, 6.07) is 7.16. The Morgan fingerprint density at radius 2 is 1.71 bits per heavy atom. The van der Waals surface area contributed by atoms with Crippen molar-refractivity contribution in [1.82, 2.24) is 0 Å². The fraction of sp³-hybridized carbons (Fsp3) is 0.200. The summed E-state index contributed by atoms with van der Waals surface area (Å²) in [4.78, 5) is 0. The van der Waals surface area contributed by atoms with Gasteiger partial charge in [0.05, 0.1) is 10.6 Å². The van der Waals surface area contributed by atoms with Gasteiger partial charge in [-0.3, -0.25) is 0 Å². The highest BCUT2D eigenvalue weighted by Crippen LogP contribution is 2.35. The zero-order valence-corrected chi connectivity index (χ0v) is 12.4. The second-order valence-electron chi connectivity index (χ2n) is 4.63. The average Bonchev–Trinajstić information content (AvgIpc) is 2.41. The lowest BCUT2D eigenvalue weighted by atomic mass is 9.89. The second-order valence-corrected chi connectivity index (χ2v) is 5.43. The number of hydrogen-bond acceptors (Lipinski definition) is 2. The Balaban J connectivity index is 2.43. The van der Waals surface area contributed by atoms with Crippen molar-refractivity contribution in [3.05, 3.63) is 69.4 Å². The summed E-state index contributed by atoms with van der Waals surface area (Å²) < 4.78 is 40.2. The van der Waals surface area contributed by atoms with Crippen LogP contribution in [0.2, 0.25) is 0 Å². The Bertz CT molecular complexity index is 631. The van der Waals surface area contributed by atoms with Crippen molar-refractivity contribution in [1.29, 1.82) is 0 Å². The minimum atomic E-state index is -1.19. The molecule has 2 unspecified atom stereocenters. The van der Waals surface area contributed by atoms with E-state index in [9.17, 15) is 18.3 Å². The van der Waals surface area contributed by atoms with Crippen molar-refractivity contribution in [3.63, 3.8) is 0 Å². The van der Waals surface area contributed by atoms with Crippen molar-refractivity contribution in [2.24, 2.45) is 5.73 Å². The van der Waals surface area contributed by atoms with Crippen molar-refractivity contribution < 1.29 is 18.3 Å². The van der Waals surface area contributed by atoms with Crippen LogP contribution in [0.3, 0.4) is 0 Å². The highest BCUT2D eigenvalue weighted by Gasteiger charge is 2.25. The number of hydrogen-bond donors (Lipinski definition) is 2. The van der Waals surface area contributed by atoms with E-state index >= 15 is 0 Å². The molecule has 6 heteroatoms. The molecule has 21 heavy (non-hydrogen) atoms. The van der Waals surface area contributed by atoms with Crippen LogP contribution in [0.25, 0.3) is 0 Å². The van der Waals surface area contributed by atoms with E-state index in [1.165, 1.54) is 18.2 Å². The molecule has 2 atom stereocenters. The van der Waals surface area contributed by atoms with E-state index in [-0.39, 0.29) is 22.1 Å². The highest BCUT2D eigenvalue weighted by molar-refractivity contribution is 9.10. The molecule has 0 aliphatic rings. The van der Waals surface area contributed by atoms with Crippen LogP contribution < -0.4 is 5.73 Å². The number of aliphatic hydroxyl groups is 1. The van der Waals surface area contributed by atoms with E-state index in [2.05, 4.69) is 15.9 Å². The summed E-state index contributed by atoms with van der Waals surface area (Å²) >= 11 is 3.06. The average molecular weight is 360 g/mol. The molecule has 2 nitrogen and oxygen atoms in total. The summed E-state index contributed by atoms with van der Waals surface area (Å²) in [6.07, 6.45) is -1.19. The van der Waals surface area contributed by atoms with Gasteiger partial charge in [0, 0.05) is 18.5 Å². The summed E-state index contributed by atoms with van der Waals surface area (Å²) in [7, 11) is 0. The molecule has 0 saturated carbocycles. The summed E-state index contributed by atoms with van der Waals surface area (Å²) in [5, 5.41) is 10.4. The normalized spacial score (nSPS) is 14.0. The molecule has 0 amide bonds. The van der Waals surface area contributed by atoms with Gasteiger partial charge in [-0.2, -0.15) is 0 Å². The van der Waals surface area contributed by atoms with Crippen molar-refractivity contribution in [3.8, 4) is 0 Å². The fourth-order valence-electron chi connectivity index (χ4n) is 2.20. The minimum Gasteiger partial charge on any atom is -0.388 e. The van der Waals surface area contributed by atoms with E-state index in [4.69, 9.17) is 5.73 Å². The maximum Gasteiger partial charge on any atom is 0.137 e.